The van der Waals surface area contributed by atoms with Gasteiger partial charge in [0.1, 0.15) is 5.82 Å². The van der Waals surface area contributed by atoms with Crippen LogP contribution in [0, 0.1) is 6.92 Å². The SMILES string of the molecule is Cc1cc(C(=O)O)nc(CN)n1. The number of aromatic carboxylic acids is 1. The van der Waals surface area contributed by atoms with E-state index >= 15 is 0 Å². The molecular weight excluding hydrogens is 158 g/mol. The van der Waals surface area contributed by atoms with Crippen LogP contribution in [-0.2, 0) is 6.54 Å². The molecular formula is C7H9N3O2. The average molecular weight is 167 g/mol. The molecule has 0 aliphatic rings. The van der Waals surface area contributed by atoms with E-state index in [4.69, 9.17) is 10.8 Å². The number of aryl methyl sites for hydroxylation is 1. The third kappa shape index (κ3) is 1.76. The fourth-order valence-corrected chi connectivity index (χ4v) is 0.831. The molecule has 0 bridgehead atoms. The quantitative estimate of drug-likeness (QED) is 0.644. The molecule has 0 fully saturated rings. The Morgan fingerprint density at radius 3 is 2.83 bits per heavy atom. The summed E-state index contributed by atoms with van der Waals surface area (Å²) in [6, 6.07) is 1.40. The van der Waals surface area contributed by atoms with Gasteiger partial charge in [0.05, 0.1) is 6.54 Å². The van der Waals surface area contributed by atoms with Crippen molar-refractivity contribution in [3.05, 3.63) is 23.3 Å². The lowest BCUT2D eigenvalue weighted by Crippen LogP contribution is -2.09. The van der Waals surface area contributed by atoms with Crippen molar-refractivity contribution in [2.75, 3.05) is 0 Å². The zero-order valence-electron chi connectivity index (χ0n) is 6.61. The van der Waals surface area contributed by atoms with Crippen LogP contribution in [0.25, 0.3) is 0 Å². The van der Waals surface area contributed by atoms with Crippen LogP contribution < -0.4 is 5.73 Å². The minimum Gasteiger partial charge on any atom is -0.477 e. The predicted molar refractivity (Wildman–Crippen MR) is 41.6 cm³/mol. The number of rotatable bonds is 2. The molecule has 1 rings (SSSR count). The summed E-state index contributed by atoms with van der Waals surface area (Å²) in [5.74, 6) is -0.706. The van der Waals surface area contributed by atoms with E-state index in [9.17, 15) is 4.79 Å². The highest BCUT2D eigenvalue weighted by Gasteiger charge is 2.06. The fraction of sp³-hybridized carbons (Fsp3) is 0.286. The number of carboxylic acids is 1. The van der Waals surface area contributed by atoms with Gasteiger partial charge in [-0.3, -0.25) is 0 Å². The van der Waals surface area contributed by atoms with E-state index < -0.39 is 5.97 Å². The summed E-state index contributed by atoms with van der Waals surface area (Å²) in [6.07, 6.45) is 0. The van der Waals surface area contributed by atoms with Crippen LogP contribution in [0.3, 0.4) is 0 Å². The van der Waals surface area contributed by atoms with Crippen molar-refractivity contribution in [2.45, 2.75) is 13.5 Å². The first kappa shape index (κ1) is 8.61. The van der Waals surface area contributed by atoms with Crippen molar-refractivity contribution in [1.29, 1.82) is 0 Å². The Hall–Kier alpha value is -1.49. The van der Waals surface area contributed by atoms with E-state index in [-0.39, 0.29) is 12.2 Å². The molecule has 1 heterocycles. The molecule has 0 radical (unpaired) electrons. The minimum absolute atomic E-state index is 0.0112. The molecule has 64 valence electrons. The number of carboxylic acid groups (broad SMARTS) is 1. The van der Waals surface area contributed by atoms with Crippen molar-refractivity contribution < 1.29 is 9.90 Å². The highest BCUT2D eigenvalue weighted by Crippen LogP contribution is 1.99. The summed E-state index contributed by atoms with van der Waals surface area (Å²) in [7, 11) is 0. The second-order valence-corrected chi connectivity index (χ2v) is 2.32. The maximum absolute atomic E-state index is 10.5. The normalized spacial score (nSPS) is 9.83. The van der Waals surface area contributed by atoms with Crippen molar-refractivity contribution >= 4 is 5.97 Å². The monoisotopic (exact) mass is 167 g/mol. The first-order valence-electron chi connectivity index (χ1n) is 3.41. The van der Waals surface area contributed by atoms with Gasteiger partial charge in [-0.15, -0.1) is 0 Å². The van der Waals surface area contributed by atoms with Gasteiger partial charge in [0, 0.05) is 5.69 Å². The van der Waals surface area contributed by atoms with Gasteiger partial charge in [-0.05, 0) is 13.0 Å². The van der Waals surface area contributed by atoms with Crippen LogP contribution >= 0.6 is 0 Å². The molecule has 0 unspecified atom stereocenters. The van der Waals surface area contributed by atoms with Crippen LogP contribution in [0.1, 0.15) is 22.0 Å². The summed E-state index contributed by atoms with van der Waals surface area (Å²) in [5, 5.41) is 8.60. The van der Waals surface area contributed by atoms with Gasteiger partial charge in [-0.1, -0.05) is 0 Å². The minimum atomic E-state index is -1.06. The van der Waals surface area contributed by atoms with E-state index in [2.05, 4.69) is 9.97 Å². The number of carbonyl (C=O) groups is 1. The molecule has 5 heteroatoms. The summed E-state index contributed by atoms with van der Waals surface area (Å²) in [5.41, 5.74) is 5.87. The van der Waals surface area contributed by atoms with Gasteiger partial charge in [0.2, 0.25) is 0 Å². The predicted octanol–water partition coefficient (Wildman–Crippen LogP) is -0.0581. The number of hydrogen-bond acceptors (Lipinski definition) is 4. The third-order valence-electron chi connectivity index (χ3n) is 1.30. The van der Waals surface area contributed by atoms with Crippen LogP contribution in [0.15, 0.2) is 6.07 Å². The zero-order chi connectivity index (χ0) is 9.14. The number of hydrogen-bond donors (Lipinski definition) is 2. The third-order valence-corrected chi connectivity index (χ3v) is 1.30. The topological polar surface area (TPSA) is 89.1 Å². The summed E-state index contributed by atoms with van der Waals surface area (Å²) < 4.78 is 0. The lowest BCUT2D eigenvalue weighted by molar-refractivity contribution is 0.0689. The Morgan fingerprint density at radius 1 is 1.67 bits per heavy atom. The standard InChI is InChI=1S/C7H9N3O2/c1-4-2-5(7(11)12)10-6(3-8)9-4/h2H,3,8H2,1H3,(H,11,12). The van der Waals surface area contributed by atoms with Gasteiger partial charge in [0.15, 0.2) is 5.69 Å². The van der Waals surface area contributed by atoms with Crippen LogP contribution in [-0.4, -0.2) is 21.0 Å². The van der Waals surface area contributed by atoms with E-state index in [1.165, 1.54) is 6.07 Å². The number of nitrogens with zero attached hydrogens (tertiary/aromatic N) is 2. The molecule has 1 aromatic heterocycles. The van der Waals surface area contributed by atoms with Gasteiger partial charge in [-0.25, -0.2) is 14.8 Å². The Balaban J connectivity index is 3.15. The van der Waals surface area contributed by atoms with Gasteiger partial charge < -0.3 is 10.8 Å². The summed E-state index contributed by atoms with van der Waals surface area (Å²) in [6.45, 7) is 1.86. The molecule has 0 spiro atoms. The van der Waals surface area contributed by atoms with Crippen molar-refractivity contribution in [2.24, 2.45) is 5.73 Å². The highest BCUT2D eigenvalue weighted by molar-refractivity contribution is 5.85. The second-order valence-electron chi connectivity index (χ2n) is 2.32. The molecule has 12 heavy (non-hydrogen) atoms. The van der Waals surface area contributed by atoms with Crippen molar-refractivity contribution in [1.82, 2.24) is 9.97 Å². The lowest BCUT2D eigenvalue weighted by atomic mass is 10.3. The first-order chi connectivity index (χ1) is 5.63. The highest BCUT2D eigenvalue weighted by atomic mass is 16.4. The molecule has 0 amide bonds. The van der Waals surface area contributed by atoms with Crippen LogP contribution in [0.5, 0.6) is 0 Å². The Kier molecular flexibility index (Phi) is 2.35. The molecule has 0 aliphatic heterocycles. The van der Waals surface area contributed by atoms with E-state index in [0.29, 0.717) is 11.5 Å². The maximum atomic E-state index is 10.5. The molecule has 0 aromatic carbocycles. The largest absolute Gasteiger partial charge is 0.477 e. The second kappa shape index (κ2) is 3.27. The van der Waals surface area contributed by atoms with Crippen LogP contribution in [0.2, 0.25) is 0 Å². The van der Waals surface area contributed by atoms with Gasteiger partial charge >= 0.3 is 5.97 Å². The van der Waals surface area contributed by atoms with E-state index in [1.807, 2.05) is 0 Å². The number of aromatic nitrogens is 2. The molecule has 0 aliphatic carbocycles. The smallest absolute Gasteiger partial charge is 0.354 e. The Morgan fingerprint density at radius 2 is 2.33 bits per heavy atom. The summed E-state index contributed by atoms with van der Waals surface area (Å²) >= 11 is 0. The fourth-order valence-electron chi connectivity index (χ4n) is 0.831. The zero-order valence-corrected chi connectivity index (χ0v) is 6.61. The Labute approximate surface area is 69.3 Å². The van der Waals surface area contributed by atoms with Gasteiger partial charge in [0.25, 0.3) is 0 Å². The molecule has 0 saturated carbocycles. The lowest BCUT2D eigenvalue weighted by Gasteiger charge is -1.99. The molecule has 0 atom stereocenters. The maximum Gasteiger partial charge on any atom is 0.354 e. The van der Waals surface area contributed by atoms with Crippen molar-refractivity contribution in [3.8, 4) is 0 Å². The molecule has 5 nitrogen and oxygen atoms in total. The summed E-state index contributed by atoms with van der Waals surface area (Å²) in [4.78, 5) is 18.1. The van der Waals surface area contributed by atoms with E-state index in [1.54, 1.807) is 6.92 Å². The Bertz CT molecular complexity index is 312. The van der Waals surface area contributed by atoms with Gasteiger partial charge in [-0.2, -0.15) is 0 Å². The van der Waals surface area contributed by atoms with Crippen molar-refractivity contribution in [3.63, 3.8) is 0 Å². The first-order valence-corrected chi connectivity index (χ1v) is 3.41. The molecule has 0 saturated heterocycles. The number of nitrogens with two attached hydrogens (primary N) is 1. The molecule has 3 N–H and O–H groups in total. The molecule has 1 aromatic rings. The van der Waals surface area contributed by atoms with E-state index in [0.717, 1.165) is 0 Å². The van der Waals surface area contributed by atoms with Crippen LogP contribution in [0.4, 0.5) is 0 Å². The average Bonchev–Trinajstić information content (AvgIpc) is 2.03.